The molecule has 4 radical (unpaired) electrons. The van der Waals surface area contributed by atoms with Gasteiger partial charge in [-0.3, -0.25) is 24.2 Å². The minimum absolute atomic E-state index is 0.0916. The average molecular weight is 322 g/mol. The zero-order valence-corrected chi connectivity index (χ0v) is 12.9. The third-order valence-corrected chi connectivity index (χ3v) is 2.94. The van der Waals surface area contributed by atoms with Crippen molar-refractivity contribution in [2.24, 2.45) is 0 Å². The summed E-state index contributed by atoms with van der Waals surface area (Å²) in [5, 5.41) is 9.10. The molecule has 4 amide bonds. The van der Waals surface area contributed by atoms with Gasteiger partial charge in [-0.25, -0.2) is 9.59 Å². The van der Waals surface area contributed by atoms with Crippen LogP contribution in [0.2, 0.25) is 0 Å². The van der Waals surface area contributed by atoms with Crippen LogP contribution in [-0.2, 0) is 14.3 Å². The third-order valence-electron chi connectivity index (χ3n) is 2.94. The maximum Gasteiger partial charge on any atom is 0.415 e. The number of carboxylic acid groups (broad SMARTS) is 1. The molecule has 0 fully saturated rings. The van der Waals surface area contributed by atoms with E-state index in [2.05, 4.69) is 4.74 Å². The maximum absolute atomic E-state index is 11.3. The number of carboxylic acids is 1. The fourth-order valence-electron chi connectivity index (χ4n) is 1.90. The molecule has 0 saturated heterocycles. The molecule has 11 heteroatoms. The standard InChI is InChI=1S/C12H16B2N2O7/c1-7(17)16(11(14)21)8(9(18)19)5-3-4-6-15(10(13)20)12(22)23-2/h8H,3-6H2,1-2H3,(H,18,19). The second-order valence-electron chi connectivity index (χ2n) is 4.54. The van der Waals surface area contributed by atoms with Crippen LogP contribution in [0.5, 0.6) is 0 Å². The van der Waals surface area contributed by atoms with Gasteiger partial charge in [0.15, 0.2) is 11.6 Å². The van der Waals surface area contributed by atoms with Crippen LogP contribution in [0.1, 0.15) is 26.2 Å². The van der Waals surface area contributed by atoms with Gasteiger partial charge < -0.3 is 9.84 Å². The molecule has 1 N–H and O–H groups in total. The lowest BCUT2D eigenvalue weighted by molar-refractivity contribution is -0.147. The predicted molar refractivity (Wildman–Crippen MR) is 79.2 cm³/mol. The monoisotopic (exact) mass is 322 g/mol. The highest BCUT2D eigenvalue weighted by atomic mass is 16.5. The van der Waals surface area contributed by atoms with Crippen molar-refractivity contribution in [3.8, 4) is 0 Å². The molecule has 0 aliphatic heterocycles. The molecule has 1 unspecified atom stereocenters. The van der Waals surface area contributed by atoms with Crippen LogP contribution in [0.4, 0.5) is 14.4 Å². The predicted octanol–water partition coefficient (Wildman–Crippen LogP) is 0.104. The van der Waals surface area contributed by atoms with Crippen LogP contribution in [-0.4, -0.2) is 79.9 Å². The molecule has 1 atom stereocenters. The fraction of sp³-hybridized carbons (Fsp3) is 0.583. The van der Waals surface area contributed by atoms with Crippen molar-refractivity contribution in [1.82, 2.24) is 9.80 Å². The highest BCUT2D eigenvalue weighted by molar-refractivity contribution is 6.58. The first-order valence-corrected chi connectivity index (χ1v) is 6.60. The first kappa shape index (κ1) is 20.7. The van der Waals surface area contributed by atoms with E-state index in [4.69, 9.17) is 20.8 Å². The van der Waals surface area contributed by atoms with Crippen molar-refractivity contribution in [1.29, 1.82) is 0 Å². The molecule has 0 aromatic heterocycles. The maximum atomic E-state index is 11.3. The summed E-state index contributed by atoms with van der Waals surface area (Å²) < 4.78 is 4.37. The van der Waals surface area contributed by atoms with Gasteiger partial charge in [-0.05, 0) is 19.3 Å². The van der Waals surface area contributed by atoms with Crippen LogP contribution in [0.25, 0.3) is 0 Å². The Balaban J connectivity index is 4.69. The Morgan fingerprint density at radius 3 is 2.00 bits per heavy atom. The van der Waals surface area contributed by atoms with Crippen LogP contribution in [0.3, 0.4) is 0 Å². The molecule has 0 aliphatic rings. The number of rotatable bonds is 7. The van der Waals surface area contributed by atoms with Gasteiger partial charge in [0.05, 0.1) is 7.11 Å². The quantitative estimate of drug-likeness (QED) is 0.521. The minimum atomic E-state index is -1.43. The zero-order valence-electron chi connectivity index (χ0n) is 12.9. The highest BCUT2D eigenvalue weighted by Gasteiger charge is 2.30. The van der Waals surface area contributed by atoms with E-state index in [1.54, 1.807) is 0 Å². The number of ether oxygens (including phenoxy) is 1. The van der Waals surface area contributed by atoms with Crippen molar-refractivity contribution in [2.45, 2.75) is 32.2 Å². The molecular formula is C12H16B2N2O7. The van der Waals surface area contributed by atoms with Gasteiger partial charge in [-0.15, -0.1) is 0 Å². The highest BCUT2D eigenvalue weighted by Crippen LogP contribution is 2.11. The molecule has 0 heterocycles. The molecule has 0 aliphatic carbocycles. The largest absolute Gasteiger partial charge is 0.480 e. The molecule has 0 aromatic rings. The summed E-state index contributed by atoms with van der Waals surface area (Å²) in [6.45, 7) is 0.928. The number of unbranched alkanes of at least 4 members (excludes halogenated alkanes) is 1. The van der Waals surface area contributed by atoms with Crippen LogP contribution in [0, 0.1) is 0 Å². The molecule has 0 rings (SSSR count). The Bertz CT molecular complexity index is 484. The Morgan fingerprint density at radius 2 is 1.65 bits per heavy atom. The van der Waals surface area contributed by atoms with E-state index in [0.717, 1.165) is 14.0 Å². The number of imide groups is 2. The number of methoxy groups -OCH3 is 1. The molecule has 0 saturated carbocycles. The van der Waals surface area contributed by atoms with Crippen molar-refractivity contribution in [3.63, 3.8) is 0 Å². The molecule has 0 aromatic carbocycles. The van der Waals surface area contributed by atoms with Gasteiger partial charge in [-0.2, -0.15) is 0 Å². The Morgan fingerprint density at radius 1 is 1.09 bits per heavy atom. The van der Waals surface area contributed by atoms with Crippen molar-refractivity contribution in [3.05, 3.63) is 0 Å². The molecule has 0 bridgehead atoms. The smallest absolute Gasteiger partial charge is 0.415 e. The summed E-state index contributed by atoms with van der Waals surface area (Å²) in [6.07, 6.45) is -0.637. The first-order valence-electron chi connectivity index (χ1n) is 6.60. The lowest BCUT2D eigenvalue weighted by atomic mass is 10.0. The first-order chi connectivity index (χ1) is 10.6. The molecule has 9 nitrogen and oxygen atoms in total. The van der Waals surface area contributed by atoms with E-state index in [1.165, 1.54) is 0 Å². The van der Waals surface area contributed by atoms with E-state index in [0.29, 0.717) is 9.80 Å². The lowest BCUT2D eigenvalue weighted by Crippen LogP contribution is -2.47. The summed E-state index contributed by atoms with van der Waals surface area (Å²) in [5.74, 6) is -4.36. The molecule has 122 valence electrons. The molecule has 23 heavy (non-hydrogen) atoms. The topological polar surface area (TPSA) is 121 Å². The van der Waals surface area contributed by atoms with Gasteiger partial charge in [0.2, 0.25) is 21.6 Å². The SMILES string of the molecule is [B]C(=O)N(CCCCC(C(=O)O)N(C([B])=O)C(C)=O)C(=O)OC. The van der Waals surface area contributed by atoms with E-state index in [-0.39, 0.29) is 25.8 Å². The normalized spacial score (nSPS) is 11.2. The Kier molecular flexibility index (Phi) is 8.67. The number of aliphatic carboxylic acids is 1. The van der Waals surface area contributed by atoms with Gasteiger partial charge >= 0.3 is 12.1 Å². The molecule has 0 spiro atoms. The minimum Gasteiger partial charge on any atom is -0.480 e. The summed E-state index contributed by atoms with van der Waals surface area (Å²) in [5.41, 5.74) is 0. The van der Waals surface area contributed by atoms with Gasteiger partial charge in [0, 0.05) is 13.5 Å². The number of hydrogen-bond acceptors (Lipinski definition) is 6. The van der Waals surface area contributed by atoms with Crippen LogP contribution >= 0.6 is 0 Å². The van der Waals surface area contributed by atoms with Crippen molar-refractivity contribution < 1.29 is 33.8 Å². The van der Waals surface area contributed by atoms with Gasteiger partial charge in [-0.1, -0.05) is 0 Å². The summed E-state index contributed by atoms with van der Waals surface area (Å²) in [7, 11) is 11.1. The summed E-state index contributed by atoms with van der Waals surface area (Å²) in [4.78, 5) is 57.1. The zero-order chi connectivity index (χ0) is 18.2. The second kappa shape index (κ2) is 9.65. The number of amides is 4. The Hall–Kier alpha value is -2.32. The Labute approximate surface area is 135 Å². The average Bonchev–Trinajstić information content (AvgIpc) is 2.43. The number of nitrogens with zero attached hydrogens (tertiary/aromatic N) is 2. The van der Waals surface area contributed by atoms with E-state index >= 15 is 0 Å². The number of carbonyl (C=O) groups excluding carboxylic acids is 4. The lowest BCUT2D eigenvalue weighted by Gasteiger charge is -2.25. The van der Waals surface area contributed by atoms with E-state index < -0.39 is 35.6 Å². The second-order valence-corrected chi connectivity index (χ2v) is 4.54. The van der Waals surface area contributed by atoms with E-state index in [1.807, 2.05) is 0 Å². The number of hydrogen-bond donors (Lipinski definition) is 1. The van der Waals surface area contributed by atoms with Gasteiger partial charge in [0.1, 0.15) is 6.04 Å². The summed E-state index contributed by atoms with van der Waals surface area (Å²) in [6, 6.07) is -1.43. The fourth-order valence-corrected chi connectivity index (χ4v) is 1.90. The van der Waals surface area contributed by atoms with Gasteiger partial charge in [0.25, 0.3) is 0 Å². The van der Waals surface area contributed by atoms with Crippen LogP contribution < -0.4 is 0 Å². The third kappa shape index (κ3) is 6.54. The van der Waals surface area contributed by atoms with Crippen molar-refractivity contribution >= 4 is 45.3 Å². The van der Waals surface area contributed by atoms with E-state index in [9.17, 15) is 24.0 Å². The summed E-state index contributed by atoms with van der Waals surface area (Å²) >= 11 is 0. The number of carbonyl (C=O) groups is 5. The van der Waals surface area contributed by atoms with Crippen LogP contribution in [0.15, 0.2) is 0 Å². The van der Waals surface area contributed by atoms with Crippen molar-refractivity contribution in [2.75, 3.05) is 13.7 Å². The molecular weight excluding hydrogens is 306 g/mol.